The van der Waals surface area contributed by atoms with E-state index in [1.165, 1.54) is 36.0 Å². The maximum Gasteiger partial charge on any atom is 0.315 e. The largest absolute Gasteiger partial charge is 0.338 e. The number of carbonyl (C=O) groups excluding carboxylic acids is 2. The average molecular weight is 453 g/mol. The van der Waals surface area contributed by atoms with Crippen molar-refractivity contribution < 1.29 is 14.1 Å². The molecular formula is C28H42N3O2+. The molecule has 2 rings (SSSR count). The van der Waals surface area contributed by atoms with Crippen molar-refractivity contribution in [3.63, 3.8) is 0 Å². The van der Waals surface area contributed by atoms with Crippen LogP contribution in [0.25, 0.3) is 11.1 Å². The maximum absolute atomic E-state index is 12.2. The van der Waals surface area contributed by atoms with Crippen molar-refractivity contribution in [3.8, 4) is 11.1 Å². The quantitative estimate of drug-likeness (QED) is 0.306. The molecule has 0 heterocycles. The smallest absolute Gasteiger partial charge is 0.315 e. The summed E-state index contributed by atoms with van der Waals surface area (Å²) in [6.45, 7) is 2.97. The molecule has 2 aromatic carbocycles. The summed E-state index contributed by atoms with van der Waals surface area (Å²) in [5, 5.41) is 5.90. The Morgan fingerprint density at radius 2 is 1.42 bits per heavy atom. The summed E-state index contributed by atoms with van der Waals surface area (Å²) in [6, 6.07) is 19.1. The van der Waals surface area contributed by atoms with Gasteiger partial charge in [-0.15, -0.1) is 0 Å². The number of Topliss-reactive ketones (excluding diaryl/α,β-unsaturated/α-hetero) is 1. The number of hydrogen-bond acceptors (Lipinski definition) is 2. The highest BCUT2D eigenvalue weighted by atomic mass is 16.2. The predicted octanol–water partition coefficient (Wildman–Crippen LogP) is 5.20. The molecule has 0 fully saturated rings. The van der Waals surface area contributed by atoms with Crippen molar-refractivity contribution in [3.05, 3.63) is 60.2 Å². The minimum atomic E-state index is -0.173. The number of benzene rings is 2. The van der Waals surface area contributed by atoms with Crippen molar-refractivity contribution in [2.24, 2.45) is 0 Å². The Labute approximate surface area is 200 Å². The SMILES string of the molecule is CC(=O)C[C@H](C[N+](C)(C)C)NC(=O)NCCCCCCCc1ccc(-c2ccccc2)cc1. The van der Waals surface area contributed by atoms with Crippen molar-refractivity contribution in [2.45, 2.75) is 57.9 Å². The number of quaternary nitrogens is 1. The second-order valence-electron chi connectivity index (χ2n) is 10.1. The topological polar surface area (TPSA) is 58.2 Å². The Bertz CT molecular complexity index is 842. The van der Waals surface area contributed by atoms with Gasteiger partial charge in [-0.25, -0.2) is 4.79 Å². The zero-order valence-corrected chi connectivity index (χ0v) is 20.9. The molecule has 2 aromatic rings. The van der Waals surface area contributed by atoms with Gasteiger partial charge in [0, 0.05) is 13.0 Å². The predicted molar refractivity (Wildman–Crippen MR) is 137 cm³/mol. The lowest BCUT2D eigenvalue weighted by atomic mass is 10.0. The number of rotatable bonds is 14. The molecule has 33 heavy (non-hydrogen) atoms. The number of unbranched alkanes of at least 4 members (excludes halogenated alkanes) is 4. The Morgan fingerprint density at radius 1 is 0.818 bits per heavy atom. The lowest BCUT2D eigenvalue weighted by Gasteiger charge is -2.29. The second kappa shape index (κ2) is 13.8. The van der Waals surface area contributed by atoms with E-state index < -0.39 is 0 Å². The summed E-state index contributed by atoms with van der Waals surface area (Å²) in [7, 11) is 6.19. The van der Waals surface area contributed by atoms with E-state index >= 15 is 0 Å². The van der Waals surface area contributed by atoms with E-state index in [-0.39, 0.29) is 17.9 Å². The fourth-order valence-electron chi connectivity index (χ4n) is 4.09. The number of amides is 2. The van der Waals surface area contributed by atoms with Gasteiger partial charge in [-0.1, -0.05) is 73.9 Å². The molecule has 0 aliphatic carbocycles. The molecule has 0 aliphatic rings. The average Bonchev–Trinajstić information content (AvgIpc) is 2.75. The number of aryl methyl sites for hydroxylation is 1. The molecule has 0 saturated heterocycles. The van der Waals surface area contributed by atoms with E-state index in [2.05, 4.69) is 80.3 Å². The van der Waals surface area contributed by atoms with Crippen molar-refractivity contribution >= 4 is 11.8 Å². The van der Waals surface area contributed by atoms with Crippen LogP contribution in [0.1, 0.15) is 51.0 Å². The van der Waals surface area contributed by atoms with Gasteiger partial charge in [-0.05, 0) is 42.9 Å². The summed E-state index contributed by atoms with van der Waals surface area (Å²) in [5.41, 5.74) is 3.91. The zero-order valence-electron chi connectivity index (χ0n) is 20.9. The number of nitrogens with one attached hydrogen (secondary N) is 2. The standard InChI is InChI=1S/C28H41N3O2/c1-23(32)21-27(22-31(2,3)4)30-28(33)29-20-12-7-5-6-9-13-24-16-18-26(19-17-24)25-14-10-8-11-15-25/h8,10-11,14-19,27H,5-7,9,12-13,20-22H2,1-4H3,(H-,29,30,33)/p+1/t27-/m1/s1. The number of likely N-dealkylation sites (N-methyl/N-ethyl adjacent to an activating group) is 1. The minimum Gasteiger partial charge on any atom is -0.338 e. The lowest BCUT2D eigenvalue weighted by Crippen LogP contribution is -2.51. The monoisotopic (exact) mass is 452 g/mol. The first-order valence-corrected chi connectivity index (χ1v) is 12.2. The highest BCUT2D eigenvalue weighted by Gasteiger charge is 2.21. The molecule has 2 N–H and O–H groups in total. The molecule has 1 atom stereocenters. The van der Waals surface area contributed by atoms with Crippen LogP contribution in [0.3, 0.4) is 0 Å². The van der Waals surface area contributed by atoms with E-state index in [1.54, 1.807) is 6.92 Å². The zero-order chi connectivity index (χ0) is 24.1. The van der Waals surface area contributed by atoms with Crippen LogP contribution < -0.4 is 10.6 Å². The summed E-state index contributed by atoms with van der Waals surface area (Å²) < 4.78 is 0.704. The third-order valence-corrected chi connectivity index (χ3v) is 5.63. The Balaban J connectivity index is 1.55. The molecule has 0 bridgehead atoms. The van der Waals surface area contributed by atoms with Crippen molar-refractivity contribution in [1.29, 1.82) is 0 Å². The van der Waals surface area contributed by atoms with Gasteiger partial charge in [0.2, 0.25) is 0 Å². The van der Waals surface area contributed by atoms with Crippen molar-refractivity contribution in [2.75, 3.05) is 34.2 Å². The molecule has 0 unspecified atom stereocenters. The van der Waals surface area contributed by atoms with Gasteiger partial charge < -0.3 is 15.1 Å². The van der Waals surface area contributed by atoms with E-state index in [4.69, 9.17) is 0 Å². The van der Waals surface area contributed by atoms with Crippen LogP contribution in [-0.2, 0) is 11.2 Å². The number of ketones is 1. The van der Waals surface area contributed by atoms with Crippen LogP contribution in [0.15, 0.2) is 54.6 Å². The Hall–Kier alpha value is -2.66. The van der Waals surface area contributed by atoms with Crippen molar-refractivity contribution in [1.82, 2.24) is 10.6 Å². The van der Waals surface area contributed by atoms with Crippen LogP contribution in [0.4, 0.5) is 4.79 Å². The van der Waals surface area contributed by atoms with Crippen LogP contribution in [-0.4, -0.2) is 56.6 Å². The molecule has 180 valence electrons. The summed E-state index contributed by atoms with van der Waals surface area (Å²) in [5.74, 6) is 0.0980. The van der Waals surface area contributed by atoms with E-state index in [9.17, 15) is 9.59 Å². The fourth-order valence-corrected chi connectivity index (χ4v) is 4.09. The van der Waals surface area contributed by atoms with Crippen LogP contribution in [0.5, 0.6) is 0 Å². The molecule has 0 aliphatic heterocycles. The number of nitrogens with zero attached hydrogens (tertiary/aromatic N) is 1. The van der Waals surface area contributed by atoms with Gasteiger partial charge in [0.25, 0.3) is 0 Å². The van der Waals surface area contributed by atoms with Gasteiger partial charge in [0.1, 0.15) is 5.78 Å². The Kier molecular flexibility index (Phi) is 11.1. The first-order valence-electron chi connectivity index (χ1n) is 12.2. The van der Waals surface area contributed by atoms with Gasteiger partial charge >= 0.3 is 6.03 Å². The number of hydrogen-bond donors (Lipinski definition) is 2. The first kappa shape index (κ1) is 26.6. The molecule has 2 amide bonds. The first-order chi connectivity index (χ1) is 15.7. The molecule has 0 saturated carbocycles. The normalized spacial score (nSPS) is 12.2. The van der Waals surface area contributed by atoms with E-state index in [1.807, 2.05) is 6.07 Å². The lowest BCUT2D eigenvalue weighted by molar-refractivity contribution is -0.871. The molecule has 0 aromatic heterocycles. The third-order valence-electron chi connectivity index (χ3n) is 5.63. The van der Waals surface area contributed by atoms with Crippen LogP contribution in [0, 0.1) is 0 Å². The Morgan fingerprint density at radius 3 is 2.06 bits per heavy atom. The molecule has 5 nitrogen and oxygen atoms in total. The molecule has 0 radical (unpaired) electrons. The summed E-state index contributed by atoms with van der Waals surface area (Å²) in [6.07, 6.45) is 7.15. The fraction of sp³-hybridized carbons (Fsp3) is 0.500. The summed E-state index contributed by atoms with van der Waals surface area (Å²) in [4.78, 5) is 23.7. The van der Waals surface area contributed by atoms with Gasteiger partial charge in [0.05, 0.1) is 33.7 Å². The number of carbonyl (C=O) groups is 2. The molecule has 0 spiro atoms. The van der Waals surface area contributed by atoms with E-state index in [0.717, 1.165) is 25.8 Å². The second-order valence-corrected chi connectivity index (χ2v) is 10.1. The maximum atomic E-state index is 12.2. The van der Waals surface area contributed by atoms with Crippen LogP contribution >= 0.6 is 0 Å². The van der Waals surface area contributed by atoms with E-state index in [0.29, 0.717) is 17.4 Å². The third kappa shape index (κ3) is 11.7. The van der Waals surface area contributed by atoms with Gasteiger partial charge in [-0.2, -0.15) is 0 Å². The summed E-state index contributed by atoms with van der Waals surface area (Å²) >= 11 is 0. The highest BCUT2D eigenvalue weighted by molar-refractivity contribution is 5.78. The number of urea groups is 1. The molecule has 5 heteroatoms. The van der Waals surface area contributed by atoms with Gasteiger partial charge in [-0.3, -0.25) is 4.79 Å². The molecular weight excluding hydrogens is 410 g/mol. The highest BCUT2D eigenvalue weighted by Crippen LogP contribution is 2.20. The van der Waals surface area contributed by atoms with Gasteiger partial charge in [0.15, 0.2) is 0 Å². The minimum absolute atomic E-state index is 0.0980. The van der Waals surface area contributed by atoms with Crippen LogP contribution in [0.2, 0.25) is 0 Å².